The van der Waals surface area contributed by atoms with Crippen molar-refractivity contribution in [3.05, 3.63) is 75.3 Å². The quantitative estimate of drug-likeness (QED) is 0.536. The van der Waals surface area contributed by atoms with E-state index in [1.54, 1.807) is 0 Å². The molecule has 0 atom stereocenters. The van der Waals surface area contributed by atoms with E-state index in [0.717, 1.165) is 0 Å². The van der Waals surface area contributed by atoms with E-state index >= 15 is 0 Å². The van der Waals surface area contributed by atoms with Crippen molar-refractivity contribution in [3.63, 3.8) is 0 Å². The van der Waals surface area contributed by atoms with Crippen LogP contribution in [-0.2, 0) is 0 Å². The summed E-state index contributed by atoms with van der Waals surface area (Å²) in [6.07, 6.45) is 4.01. The SMILES string of the molecule is C1=C(C(c2ccc[nH]2)c2ccc[nH]2)SC(=C2SC3=C(SCCS3)S2)S1. The van der Waals surface area contributed by atoms with Gasteiger partial charge in [-0.2, -0.15) is 0 Å². The Morgan fingerprint density at radius 3 is 1.96 bits per heavy atom. The highest BCUT2D eigenvalue weighted by molar-refractivity contribution is 8.43. The monoisotopic (exact) mass is 438 g/mol. The standard InChI is InChI=1S/C17H14N2S6/c1-3-10(18-5-1)13(11-4-2-6-19-11)12-9-22-16(23-12)17-24-14-15(25-17)21-8-7-20-14/h1-6,9,13,18-19H,7-8H2. The van der Waals surface area contributed by atoms with Gasteiger partial charge in [0, 0.05) is 40.2 Å². The van der Waals surface area contributed by atoms with Crippen molar-refractivity contribution in [3.8, 4) is 0 Å². The Bertz CT molecular complexity index is 809. The third-order valence-corrected chi connectivity index (χ3v) is 12.7. The summed E-state index contributed by atoms with van der Waals surface area (Å²) >= 11 is 11.8. The Morgan fingerprint density at radius 2 is 1.40 bits per heavy atom. The van der Waals surface area contributed by atoms with Crippen LogP contribution in [0.2, 0.25) is 0 Å². The summed E-state index contributed by atoms with van der Waals surface area (Å²) in [5, 5.41) is 2.33. The fraction of sp³-hybridized carbons (Fsp3) is 0.176. The molecule has 0 saturated carbocycles. The van der Waals surface area contributed by atoms with Crippen LogP contribution >= 0.6 is 70.6 Å². The van der Waals surface area contributed by atoms with Crippen LogP contribution in [0.1, 0.15) is 17.3 Å². The van der Waals surface area contributed by atoms with E-state index in [9.17, 15) is 0 Å². The predicted octanol–water partition coefficient (Wildman–Crippen LogP) is 7.01. The van der Waals surface area contributed by atoms with Crippen molar-refractivity contribution in [1.29, 1.82) is 0 Å². The maximum absolute atomic E-state index is 3.40. The van der Waals surface area contributed by atoms with Gasteiger partial charge in [0.15, 0.2) is 0 Å². The van der Waals surface area contributed by atoms with Crippen molar-refractivity contribution in [1.82, 2.24) is 9.97 Å². The van der Waals surface area contributed by atoms with Gasteiger partial charge in [0.05, 0.1) is 22.9 Å². The largest absolute Gasteiger partial charge is 0.364 e. The lowest BCUT2D eigenvalue weighted by Crippen LogP contribution is -2.02. The number of nitrogens with one attached hydrogen (secondary N) is 2. The van der Waals surface area contributed by atoms with Crippen LogP contribution in [0.3, 0.4) is 0 Å². The molecule has 0 unspecified atom stereocenters. The number of H-pyrrole nitrogens is 2. The first kappa shape index (κ1) is 17.0. The molecule has 5 heterocycles. The van der Waals surface area contributed by atoms with Gasteiger partial charge in [-0.1, -0.05) is 47.0 Å². The lowest BCUT2D eigenvalue weighted by Gasteiger charge is -2.15. The molecule has 128 valence electrons. The molecule has 3 aliphatic heterocycles. The molecule has 0 radical (unpaired) electrons. The fourth-order valence-corrected chi connectivity index (χ4v) is 11.5. The Kier molecular flexibility index (Phi) is 5.09. The van der Waals surface area contributed by atoms with Crippen molar-refractivity contribution in [2.24, 2.45) is 0 Å². The van der Waals surface area contributed by atoms with Gasteiger partial charge in [-0.3, -0.25) is 0 Å². The van der Waals surface area contributed by atoms with Crippen molar-refractivity contribution < 1.29 is 0 Å². The molecule has 25 heavy (non-hydrogen) atoms. The first-order valence-corrected chi connectivity index (χ1v) is 13.1. The first-order valence-electron chi connectivity index (χ1n) is 7.79. The molecule has 2 aromatic heterocycles. The van der Waals surface area contributed by atoms with E-state index in [1.165, 1.54) is 44.7 Å². The number of thioether (sulfide) groups is 6. The summed E-state index contributed by atoms with van der Waals surface area (Å²) in [7, 11) is 0. The number of allylic oxidation sites excluding steroid dienone is 1. The molecule has 0 aliphatic carbocycles. The van der Waals surface area contributed by atoms with E-state index in [-0.39, 0.29) is 5.92 Å². The Morgan fingerprint density at radius 1 is 0.760 bits per heavy atom. The average Bonchev–Trinajstić information content (AvgIpc) is 3.42. The van der Waals surface area contributed by atoms with Crippen LogP contribution in [0, 0.1) is 0 Å². The third kappa shape index (κ3) is 3.41. The molecule has 0 spiro atoms. The van der Waals surface area contributed by atoms with E-state index < -0.39 is 0 Å². The van der Waals surface area contributed by atoms with E-state index in [0.29, 0.717) is 0 Å². The van der Waals surface area contributed by atoms with Gasteiger partial charge < -0.3 is 9.97 Å². The maximum atomic E-state index is 3.40. The molecule has 2 nitrogen and oxygen atoms in total. The minimum absolute atomic E-state index is 0.253. The predicted molar refractivity (Wildman–Crippen MR) is 121 cm³/mol. The van der Waals surface area contributed by atoms with E-state index in [1.807, 2.05) is 83.0 Å². The molecule has 0 amide bonds. The minimum Gasteiger partial charge on any atom is -0.364 e. The lowest BCUT2D eigenvalue weighted by atomic mass is 10.0. The molecule has 3 aliphatic rings. The minimum atomic E-state index is 0.253. The molecule has 0 bridgehead atoms. The van der Waals surface area contributed by atoms with Gasteiger partial charge in [0.2, 0.25) is 0 Å². The fourth-order valence-electron chi connectivity index (χ4n) is 2.81. The first-order chi connectivity index (χ1) is 12.4. The van der Waals surface area contributed by atoms with Crippen LogP contribution in [0.15, 0.2) is 63.9 Å². The summed E-state index contributed by atoms with van der Waals surface area (Å²) < 4.78 is 5.93. The second-order valence-electron chi connectivity index (χ2n) is 5.47. The van der Waals surface area contributed by atoms with Crippen LogP contribution in [0.25, 0.3) is 0 Å². The molecular formula is C17H14N2S6. The zero-order chi connectivity index (χ0) is 16.6. The van der Waals surface area contributed by atoms with E-state index in [2.05, 4.69) is 39.6 Å². The molecule has 2 aromatic rings. The molecule has 0 saturated heterocycles. The van der Waals surface area contributed by atoms with Gasteiger partial charge in [0.1, 0.15) is 0 Å². The Labute approximate surface area is 172 Å². The maximum Gasteiger partial charge on any atom is 0.0717 e. The summed E-state index contributed by atoms with van der Waals surface area (Å²) in [5.74, 6) is 2.74. The summed E-state index contributed by atoms with van der Waals surface area (Å²) in [5.41, 5.74) is 2.48. The summed E-state index contributed by atoms with van der Waals surface area (Å²) in [6, 6.07) is 8.50. The lowest BCUT2D eigenvalue weighted by molar-refractivity contribution is 0.922. The highest BCUT2D eigenvalue weighted by atomic mass is 32.3. The normalized spacial score (nSPS) is 20.6. The highest BCUT2D eigenvalue weighted by Gasteiger charge is 2.32. The van der Waals surface area contributed by atoms with Crippen LogP contribution in [0.4, 0.5) is 0 Å². The number of hydrogen-bond donors (Lipinski definition) is 2. The number of aromatic nitrogens is 2. The molecule has 5 rings (SSSR count). The van der Waals surface area contributed by atoms with E-state index in [4.69, 9.17) is 0 Å². The Balaban J connectivity index is 1.40. The second kappa shape index (κ2) is 7.48. The molecule has 0 fully saturated rings. The highest BCUT2D eigenvalue weighted by Crippen LogP contribution is 2.64. The third-order valence-electron chi connectivity index (χ3n) is 3.90. The molecule has 0 aromatic carbocycles. The van der Waals surface area contributed by atoms with Gasteiger partial charge in [-0.05, 0) is 29.7 Å². The van der Waals surface area contributed by atoms with Gasteiger partial charge >= 0.3 is 0 Å². The van der Waals surface area contributed by atoms with Crippen molar-refractivity contribution in [2.75, 3.05) is 11.5 Å². The van der Waals surface area contributed by atoms with Crippen molar-refractivity contribution in [2.45, 2.75) is 5.92 Å². The number of rotatable bonds is 3. The average molecular weight is 439 g/mol. The van der Waals surface area contributed by atoms with Gasteiger partial charge in [-0.25, -0.2) is 0 Å². The second-order valence-corrected chi connectivity index (χ2v) is 12.7. The Hall–Kier alpha value is -0.120. The zero-order valence-corrected chi connectivity index (χ0v) is 17.9. The topological polar surface area (TPSA) is 31.6 Å². The van der Waals surface area contributed by atoms with Gasteiger partial charge in [0.25, 0.3) is 0 Å². The molecule has 2 N–H and O–H groups in total. The zero-order valence-electron chi connectivity index (χ0n) is 13.0. The summed E-state index contributed by atoms with van der Waals surface area (Å²) in [4.78, 5) is 8.20. The summed E-state index contributed by atoms with van der Waals surface area (Å²) in [6.45, 7) is 0. The van der Waals surface area contributed by atoms with Crippen LogP contribution < -0.4 is 0 Å². The molecule has 8 heteroatoms. The smallest absolute Gasteiger partial charge is 0.0717 e. The number of aromatic amines is 2. The van der Waals surface area contributed by atoms with Crippen molar-refractivity contribution >= 4 is 70.6 Å². The molecular weight excluding hydrogens is 425 g/mol. The van der Waals surface area contributed by atoms with Gasteiger partial charge in [-0.15, -0.1) is 23.5 Å². The van der Waals surface area contributed by atoms with Crippen LogP contribution in [-0.4, -0.2) is 21.5 Å². The number of hydrogen-bond acceptors (Lipinski definition) is 6. The van der Waals surface area contributed by atoms with Crippen LogP contribution in [0.5, 0.6) is 0 Å².